The fourth-order valence-electron chi connectivity index (χ4n) is 2.67. The molecule has 0 radical (unpaired) electrons. The van der Waals surface area contributed by atoms with E-state index in [9.17, 15) is 14.4 Å². The van der Waals surface area contributed by atoms with Crippen LogP contribution in [0, 0.1) is 0 Å². The molecule has 9 nitrogen and oxygen atoms in total. The van der Waals surface area contributed by atoms with Crippen molar-refractivity contribution in [3.05, 3.63) is 66.4 Å². The maximum Gasteiger partial charge on any atom is 0.287 e. The first-order chi connectivity index (χ1) is 13.0. The number of rotatable bonds is 7. The highest BCUT2D eigenvalue weighted by Gasteiger charge is 2.27. The van der Waals surface area contributed by atoms with E-state index in [2.05, 4.69) is 15.4 Å². The number of Topliss-reactive ketones (excluding diaryl/α,β-unsaturated/α-hetero) is 1. The van der Waals surface area contributed by atoms with E-state index >= 15 is 0 Å². The minimum atomic E-state index is -1.10. The van der Waals surface area contributed by atoms with Gasteiger partial charge in [-0.3, -0.25) is 14.4 Å². The van der Waals surface area contributed by atoms with Gasteiger partial charge >= 0.3 is 0 Å². The van der Waals surface area contributed by atoms with Crippen molar-refractivity contribution in [3.63, 3.8) is 0 Å². The van der Waals surface area contributed by atoms with Crippen LogP contribution in [0.1, 0.15) is 16.1 Å². The van der Waals surface area contributed by atoms with Crippen LogP contribution in [0.25, 0.3) is 5.82 Å². The molecule has 0 fully saturated rings. The second-order valence-corrected chi connectivity index (χ2v) is 5.96. The lowest BCUT2D eigenvalue weighted by Gasteiger charge is -2.16. The van der Waals surface area contributed by atoms with Gasteiger partial charge in [0.25, 0.3) is 11.8 Å². The minimum absolute atomic E-state index is 0.145. The molecule has 3 N–H and O–H groups in total. The third-order valence-corrected chi connectivity index (χ3v) is 3.94. The number of ketones is 1. The molecule has 1 atom stereocenters. The summed E-state index contributed by atoms with van der Waals surface area (Å²) in [6.07, 6.45) is 6.77. The first-order valence-electron chi connectivity index (χ1n) is 8.16. The number of nitrogens with two attached hydrogens (primary N) is 1. The topological polar surface area (TPSA) is 125 Å². The number of aryl methyl sites for hydroxylation is 1. The van der Waals surface area contributed by atoms with Gasteiger partial charge in [-0.05, 0) is 29.8 Å². The van der Waals surface area contributed by atoms with Gasteiger partial charge in [0.15, 0.2) is 5.82 Å². The molecule has 0 bridgehead atoms. The largest absolute Gasteiger partial charge is 0.363 e. The Morgan fingerprint density at radius 2 is 2.00 bits per heavy atom. The Morgan fingerprint density at radius 3 is 2.63 bits per heavy atom. The van der Waals surface area contributed by atoms with Crippen molar-refractivity contribution >= 4 is 17.6 Å². The van der Waals surface area contributed by atoms with E-state index in [4.69, 9.17) is 5.73 Å². The highest BCUT2D eigenvalue weighted by Crippen LogP contribution is 2.10. The predicted octanol–water partition coefficient (Wildman–Crippen LogP) is 0.00130. The zero-order chi connectivity index (χ0) is 19.4. The smallest absolute Gasteiger partial charge is 0.287 e. The van der Waals surface area contributed by atoms with Gasteiger partial charge in [-0.2, -0.15) is 5.10 Å². The van der Waals surface area contributed by atoms with Crippen LogP contribution in [0.3, 0.4) is 0 Å². The molecule has 2 amide bonds. The molecule has 0 aliphatic rings. The molecule has 138 valence electrons. The van der Waals surface area contributed by atoms with Crippen molar-refractivity contribution in [1.29, 1.82) is 0 Å². The molecule has 0 saturated heterocycles. The summed E-state index contributed by atoms with van der Waals surface area (Å²) < 4.78 is 3.16. The number of carbonyl (C=O) groups excluding carboxylic acids is 3. The summed E-state index contributed by atoms with van der Waals surface area (Å²) in [6.45, 7) is 0. The zero-order valence-electron chi connectivity index (χ0n) is 14.6. The molecule has 0 aliphatic carbocycles. The summed E-state index contributed by atoms with van der Waals surface area (Å²) in [6, 6.07) is 7.42. The van der Waals surface area contributed by atoms with Crippen LogP contribution in [0.4, 0.5) is 0 Å². The van der Waals surface area contributed by atoms with E-state index in [1.54, 1.807) is 47.4 Å². The molecule has 27 heavy (non-hydrogen) atoms. The van der Waals surface area contributed by atoms with E-state index in [0.717, 1.165) is 5.56 Å². The first-order valence-corrected chi connectivity index (χ1v) is 8.16. The van der Waals surface area contributed by atoms with Crippen LogP contribution < -0.4 is 11.1 Å². The Bertz CT molecular complexity index is 976. The molecule has 0 aliphatic heterocycles. The molecule has 3 rings (SSSR count). The van der Waals surface area contributed by atoms with Crippen LogP contribution in [-0.2, 0) is 23.1 Å². The van der Waals surface area contributed by atoms with Crippen LogP contribution in [0.2, 0.25) is 0 Å². The normalized spacial score (nSPS) is 11.7. The molecule has 0 saturated carbocycles. The number of hydrogen-bond donors (Lipinski definition) is 2. The van der Waals surface area contributed by atoms with Gasteiger partial charge in [-0.25, -0.2) is 9.67 Å². The average Bonchev–Trinajstić information content (AvgIpc) is 3.30. The van der Waals surface area contributed by atoms with E-state index in [-0.39, 0.29) is 12.1 Å². The Labute approximate surface area is 154 Å². The Balaban J connectivity index is 1.84. The maximum atomic E-state index is 12.7. The summed E-state index contributed by atoms with van der Waals surface area (Å²) in [7, 11) is 1.83. The predicted molar refractivity (Wildman–Crippen MR) is 95.9 cm³/mol. The van der Waals surface area contributed by atoms with E-state index in [1.165, 1.54) is 16.9 Å². The third-order valence-electron chi connectivity index (χ3n) is 3.94. The number of hydrogen-bond acceptors (Lipinski definition) is 5. The maximum absolute atomic E-state index is 12.7. The Hall–Kier alpha value is -3.75. The van der Waals surface area contributed by atoms with Gasteiger partial charge in [-0.1, -0.05) is 6.07 Å². The molecule has 1 unspecified atom stereocenters. The number of primary amides is 1. The van der Waals surface area contributed by atoms with Gasteiger partial charge in [0.2, 0.25) is 5.78 Å². The second-order valence-electron chi connectivity index (χ2n) is 5.96. The molecule has 9 heteroatoms. The molecule has 0 aromatic carbocycles. The number of amides is 2. The minimum Gasteiger partial charge on any atom is -0.363 e. The number of nitrogens with one attached hydrogen (secondary N) is 1. The monoisotopic (exact) mass is 366 g/mol. The van der Waals surface area contributed by atoms with Gasteiger partial charge in [0.05, 0.1) is 6.20 Å². The van der Waals surface area contributed by atoms with Crippen molar-refractivity contribution < 1.29 is 14.4 Å². The van der Waals surface area contributed by atoms with E-state index in [1.807, 2.05) is 7.05 Å². The highest BCUT2D eigenvalue weighted by atomic mass is 16.2. The molecule has 3 aromatic rings. The second kappa shape index (κ2) is 7.65. The van der Waals surface area contributed by atoms with Gasteiger partial charge in [-0.15, -0.1) is 0 Å². The lowest BCUT2D eigenvalue weighted by molar-refractivity contribution is -0.137. The van der Waals surface area contributed by atoms with Crippen LogP contribution in [0.15, 0.2) is 55.1 Å². The number of carbonyl (C=O) groups is 3. The fourth-order valence-corrected chi connectivity index (χ4v) is 2.67. The first kappa shape index (κ1) is 18.1. The fraction of sp³-hybridized carbons (Fsp3) is 0.167. The summed E-state index contributed by atoms with van der Waals surface area (Å²) in [4.78, 5) is 40.4. The summed E-state index contributed by atoms with van der Waals surface area (Å²) in [5, 5.41) is 6.68. The van der Waals surface area contributed by atoms with E-state index in [0.29, 0.717) is 5.82 Å². The van der Waals surface area contributed by atoms with Crippen LogP contribution in [-0.4, -0.2) is 43.0 Å². The van der Waals surface area contributed by atoms with Crippen LogP contribution in [0.5, 0.6) is 0 Å². The summed E-state index contributed by atoms with van der Waals surface area (Å²) in [5.41, 5.74) is 6.11. The quantitative estimate of drug-likeness (QED) is 0.570. The van der Waals surface area contributed by atoms with Crippen LogP contribution >= 0.6 is 0 Å². The molecule has 3 heterocycles. The average molecular weight is 366 g/mol. The van der Waals surface area contributed by atoms with E-state index < -0.39 is 23.6 Å². The Kier molecular flexibility index (Phi) is 5.11. The lowest BCUT2D eigenvalue weighted by atomic mass is 10.0. The lowest BCUT2D eigenvalue weighted by Crippen LogP contribution is -2.47. The van der Waals surface area contributed by atoms with Crippen molar-refractivity contribution in [2.75, 3.05) is 0 Å². The summed E-state index contributed by atoms with van der Waals surface area (Å²) in [5.74, 6) is -2.08. The van der Waals surface area contributed by atoms with Gasteiger partial charge in [0.1, 0.15) is 11.7 Å². The van der Waals surface area contributed by atoms with Crippen molar-refractivity contribution in [3.8, 4) is 5.82 Å². The van der Waals surface area contributed by atoms with Gasteiger partial charge < -0.3 is 15.6 Å². The SMILES string of the molecule is Cn1ccc(CC(NC(=O)c2ccnn2-c2ccccn2)C(=O)C(N)=O)c1. The number of pyridine rings is 1. The summed E-state index contributed by atoms with van der Waals surface area (Å²) >= 11 is 0. The third kappa shape index (κ3) is 4.09. The van der Waals surface area contributed by atoms with Crippen molar-refractivity contribution in [2.45, 2.75) is 12.5 Å². The molecular weight excluding hydrogens is 348 g/mol. The van der Waals surface area contributed by atoms with Crippen molar-refractivity contribution in [2.24, 2.45) is 12.8 Å². The molecular formula is C18H18N6O3. The Morgan fingerprint density at radius 1 is 1.19 bits per heavy atom. The van der Waals surface area contributed by atoms with Crippen molar-refractivity contribution in [1.82, 2.24) is 24.6 Å². The number of aromatic nitrogens is 4. The standard InChI is InChI=1S/C18H18N6O3/c1-23-9-6-12(11-23)10-13(16(25)17(19)26)22-18(27)14-5-8-21-24(14)15-4-2-3-7-20-15/h2-9,11,13H,10H2,1H3,(H2,19,26)(H,22,27). The number of nitrogens with zero attached hydrogens (tertiary/aromatic N) is 4. The molecule has 3 aromatic heterocycles. The highest BCUT2D eigenvalue weighted by molar-refractivity contribution is 6.38. The van der Waals surface area contributed by atoms with Gasteiger partial charge in [0, 0.05) is 32.1 Å². The zero-order valence-corrected chi connectivity index (χ0v) is 14.6. The molecule has 0 spiro atoms.